The smallest absolute Gasteiger partial charge is 0.199 e. The Balaban J connectivity index is 3.95. The Morgan fingerprint density at radius 3 is 2.08 bits per heavy atom. The maximum atomic E-state index is 10.8. The van der Waals surface area contributed by atoms with Crippen LogP contribution in [0.4, 0.5) is 0 Å². The van der Waals surface area contributed by atoms with Crippen LogP contribution in [-0.4, -0.2) is 29.1 Å². The van der Waals surface area contributed by atoms with Crippen LogP contribution in [0.2, 0.25) is 0 Å². The van der Waals surface area contributed by atoms with Crippen LogP contribution in [-0.2, 0) is 4.79 Å². The molecule has 0 unspecified atom stereocenters. The topological polar surface area (TPSA) is 20.3 Å². The molecule has 0 aliphatic rings. The highest BCUT2D eigenvalue weighted by Crippen LogP contribution is 2.04. The summed E-state index contributed by atoms with van der Waals surface area (Å²) in [6.45, 7) is 9.91. The van der Waals surface area contributed by atoms with E-state index in [-0.39, 0.29) is 5.12 Å². The van der Waals surface area contributed by atoms with Crippen LogP contribution in [0.3, 0.4) is 0 Å². The molecule has 0 rings (SSSR count). The summed E-state index contributed by atoms with van der Waals surface area (Å²) >= 11 is 3.77. The zero-order chi connectivity index (χ0) is 9.72. The van der Waals surface area contributed by atoms with Crippen molar-refractivity contribution in [1.82, 2.24) is 4.90 Å². The van der Waals surface area contributed by atoms with Crippen molar-refractivity contribution in [1.29, 1.82) is 0 Å². The van der Waals surface area contributed by atoms with Gasteiger partial charge in [-0.2, -0.15) is 0 Å². The van der Waals surface area contributed by atoms with Crippen molar-refractivity contribution in [2.45, 2.75) is 33.7 Å². The molecule has 0 heterocycles. The largest absolute Gasteiger partial charge is 0.293 e. The van der Waals surface area contributed by atoms with Gasteiger partial charge in [0.2, 0.25) is 0 Å². The molecule has 3 heteroatoms. The van der Waals surface area contributed by atoms with Crippen LogP contribution >= 0.6 is 12.6 Å². The number of nitrogens with zero attached hydrogens (tertiary/aromatic N) is 1. The summed E-state index contributed by atoms with van der Waals surface area (Å²) in [5.74, 6) is 0.597. The van der Waals surface area contributed by atoms with Crippen molar-refractivity contribution in [2.24, 2.45) is 5.92 Å². The first kappa shape index (κ1) is 12.0. The van der Waals surface area contributed by atoms with Crippen molar-refractivity contribution < 1.29 is 4.79 Å². The molecule has 0 spiro atoms. The van der Waals surface area contributed by atoms with Gasteiger partial charge in [0, 0.05) is 12.6 Å². The van der Waals surface area contributed by atoms with E-state index in [9.17, 15) is 4.79 Å². The Hall–Kier alpha value is -0.0200. The van der Waals surface area contributed by atoms with Crippen LogP contribution in [0.25, 0.3) is 0 Å². The lowest BCUT2D eigenvalue weighted by molar-refractivity contribution is -0.112. The molecule has 0 bridgehead atoms. The molecule has 0 saturated carbocycles. The second kappa shape index (κ2) is 5.60. The van der Waals surface area contributed by atoms with E-state index in [0.29, 0.717) is 18.5 Å². The fraction of sp³-hybridized carbons (Fsp3) is 0.889. The molecule has 0 aliphatic heterocycles. The molecule has 2 nitrogen and oxygen atoms in total. The second-order valence-corrected chi connectivity index (χ2v) is 4.31. The molecule has 0 radical (unpaired) electrons. The fourth-order valence-electron chi connectivity index (χ4n) is 1.10. The van der Waals surface area contributed by atoms with Gasteiger partial charge in [0.1, 0.15) is 0 Å². The highest BCUT2D eigenvalue weighted by atomic mass is 32.1. The predicted molar refractivity (Wildman–Crippen MR) is 55.5 cm³/mol. The van der Waals surface area contributed by atoms with Gasteiger partial charge < -0.3 is 0 Å². The first-order valence-electron chi connectivity index (χ1n) is 4.39. The van der Waals surface area contributed by atoms with Crippen molar-refractivity contribution in [3.63, 3.8) is 0 Å². The highest BCUT2D eigenvalue weighted by Gasteiger charge is 2.12. The summed E-state index contributed by atoms with van der Waals surface area (Å²) in [6, 6.07) is 0.420. The van der Waals surface area contributed by atoms with Gasteiger partial charge in [0.25, 0.3) is 0 Å². The zero-order valence-corrected chi connectivity index (χ0v) is 9.27. The van der Waals surface area contributed by atoms with Crippen molar-refractivity contribution in [3.05, 3.63) is 0 Å². The molecule has 0 fully saturated rings. The standard InChI is InChI=1S/C9H19NOS/c1-7(2)5-10(8(3)4)6-9(11)12/h7-8H,5-6H2,1-4H3,(H,11,12). The van der Waals surface area contributed by atoms with Crippen molar-refractivity contribution >= 4 is 17.7 Å². The van der Waals surface area contributed by atoms with Gasteiger partial charge in [0.05, 0.1) is 6.54 Å². The Morgan fingerprint density at radius 2 is 1.83 bits per heavy atom. The summed E-state index contributed by atoms with van der Waals surface area (Å²) in [7, 11) is 0. The Bertz CT molecular complexity index is 145. The number of carbonyl (C=O) groups excluding carboxylic acids is 1. The lowest BCUT2D eigenvalue weighted by Crippen LogP contribution is -2.37. The van der Waals surface area contributed by atoms with Crippen LogP contribution in [0.15, 0.2) is 0 Å². The summed E-state index contributed by atoms with van der Waals surface area (Å²) in [5, 5.41) is -0.0515. The quantitative estimate of drug-likeness (QED) is 0.666. The van der Waals surface area contributed by atoms with E-state index in [4.69, 9.17) is 0 Å². The lowest BCUT2D eigenvalue weighted by atomic mass is 10.2. The molecule has 0 aromatic rings. The summed E-state index contributed by atoms with van der Waals surface area (Å²) in [5.41, 5.74) is 0. The molecule has 12 heavy (non-hydrogen) atoms. The van der Waals surface area contributed by atoms with E-state index >= 15 is 0 Å². The predicted octanol–water partition coefficient (Wildman–Crippen LogP) is 1.81. The van der Waals surface area contributed by atoms with Gasteiger partial charge >= 0.3 is 0 Å². The van der Waals surface area contributed by atoms with Crippen LogP contribution in [0, 0.1) is 5.92 Å². The Kier molecular flexibility index (Phi) is 5.59. The van der Waals surface area contributed by atoms with Gasteiger partial charge in [-0.15, -0.1) is 12.6 Å². The first-order valence-corrected chi connectivity index (χ1v) is 4.84. The normalized spacial score (nSPS) is 11.7. The first-order chi connectivity index (χ1) is 5.43. The summed E-state index contributed by atoms with van der Waals surface area (Å²) < 4.78 is 0. The number of hydrogen-bond acceptors (Lipinski definition) is 2. The average Bonchev–Trinajstić information content (AvgIpc) is 1.83. The molecule has 0 aliphatic carbocycles. The molecule has 0 aromatic carbocycles. The van der Waals surface area contributed by atoms with E-state index in [1.54, 1.807) is 0 Å². The van der Waals surface area contributed by atoms with Crippen LogP contribution < -0.4 is 0 Å². The SMILES string of the molecule is CC(C)CN(CC(=O)S)C(C)C. The molecule has 0 atom stereocenters. The van der Waals surface area contributed by atoms with Gasteiger partial charge in [-0.3, -0.25) is 9.69 Å². The monoisotopic (exact) mass is 189 g/mol. The minimum Gasteiger partial charge on any atom is -0.293 e. The molecule has 72 valence electrons. The third-order valence-electron chi connectivity index (χ3n) is 1.67. The molecule has 0 aromatic heterocycles. The van der Waals surface area contributed by atoms with Gasteiger partial charge in [-0.25, -0.2) is 0 Å². The zero-order valence-electron chi connectivity index (χ0n) is 8.37. The number of carbonyl (C=O) groups is 1. The third kappa shape index (κ3) is 5.61. The van der Waals surface area contributed by atoms with Gasteiger partial charge in [-0.05, 0) is 19.8 Å². The molecular weight excluding hydrogens is 170 g/mol. The minimum absolute atomic E-state index is 0.0515. The maximum Gasteiger partial charge on any atom is 0.199 e. The van der Waals surface area contributed by atoms with E-state index in [2.05, 4.69) is 45.2 Å². The van der Waals surface area contributed by atoms with Gasteiger partial charge in [0.15, 0.2) is 5.12 Å². The molecule has 0 saturated heterocycles. The highest BCUT2D eigenvalue weighted by molar-refractivity contribution is 7.96. The second-order valence-electron chi connectivity index (χ2n) is 3.81. The van der Waals surface area contributed by atoms with Gasteiger partial charge in [-0.1, -0.05) is 13.8 Å². The molecule has 0 N–H and O–H groups in total. The average molecular weight is 189 g/mol. The minimum atomic E-state index is -0.0515. The van der Waals surface area contributed by atoms with Crippen molar-refractivity contribution in [3.8, 4) is 0 Å². The van der Waals surface area contributed by atoms with Crippen LogP contribution in [0.1, 0.15) is 27.7 Å². The summed E-state index contributed by atoms with van der Waals surface area (Å²) in [6.07, 6.45) is 0. The number of thiol groups is 1. The number of hydrogen-bond donors (Lipinski definition) is 1. The van der Waals surface area contributed by atoms with E-state index in [1.807, 2.05) is 0 Å². The van der Waals surface area contributed by atoms with Crippen molar-refractivity contribution in [2.75, 3.05) is 13.1 Å². The third-order valence-corrected chi connectivity index (χ3v) is 1.81. The summed E-state index contributed by atoms with van der Waals surface area (Å²) in [4.78, 5) is 12.9. The van der Waals surface area contributed by atoms with E-state index in [1.165, 1.54) is 0 Å². The number of rotatable bonds is 5. The van der Waals surface area contributed by atoms with Crippen LogP contribution in [0.5, 0.6) is 0 Å². The van der Waals surface area contributed by atoms with E-state index in [0.717, 1.165) is 6.54 Å². The molecule has 0 amide bonds. The van der Waals surface area contributed by atoms with E-state index < -0.39 is 0 Å². The lowest BCUT2D eigenvalue weighted by Gasteiger charge is -2.26. The molecular formula is C9H19NOS. The fourth-order valence-corrected chi connectivity index (χ4v) is 1.28. The Labute approximate surface area is 80.7 Å². The maximum absolute atomic E-state index is 10.8. The Morgan fingerprint density at radius 1 is 1.33 bits per heavy atom.